The predicted molar refractivity (Wildman–Crippen MR) is 59.9 cm³/mol. The molecule has 1 aliphatic rings. The second-order valence-corrected chi connectivity index (χ2v) is 5.16. The van der Waals surface area contributed by atoms with Crippen LogP contribution in [0.1, 0.15) is 41.0 Å². The molecule has 0 amide bonds. The maximum absolute atomic E-state index is 11.9. The van der Waals surface area contributed by atoms with Gasteiger partial charge in [-0.1, -0.05) is 6.92 Å². The van der Waals surface area contributed by atoms with Gasteiger partial charge in [0.05, 0.1) is 19.3 Å². The molecule has 1 saturated heterocycles. The zero-order chi connectivity index (χ0) is 12.4. The molecule has 1 atom stereocenters. The van der Waals surface area contributed by atoms with E-state index in [1.807, 2.05) is 34.6 Å². The lowest BCUT2D eigenvalue weighted by atomic mass is 9.91. The Morgan fingerprint density at radius 1 is 1.31 bits per heavy atom. The third-order valence-corrected chi connectivity index (χ3v) is 2.85. The van der Waals surface area contributed by atoms with Gasteiger partial charge in [-0.15, -0.1) is 0 Å². The fourth-order valence-electron chi connectivity index (χ4n) is 1.28. The van der Waals surface area contributed by atoms with Gasteiger partial charge in [0.2, 0.25) is 0 Å². The van der Waals surface area contributed by atoms with Crippen molar-refractivity contribution in [3.8, 4) is 0 Å². The second kappa shape index (κ2) is 4.72. The summed E-state index contributed by atoms with van der Waals surface area (Å²) in [6.45, 7) is 10.0. The maximum Gasteiger partial charge on any atom is 0.316 e. The van der Waals surface area contributed by atoms with Gasteiger partial charge in [-0.3, -0.25) is 4.79 Å². The number of carbonyl (C=O) groups is 1. The molecule has 1 heterocycles. The Bertz CT molecular complexity index is 250. The third-order valence-electron chi connectivity index (χ3n) is 2.85. The molecule has 0 aliphatic carbocycles. The molecule has 0 spiro atoms. The molecule has 0 aromatic carbocycles. The van der Waals surface area contributed by atoms with Gasteiger partial charge in [-0.25, -0.2) is 0 Å². The van der Waals surface area contributed by atoms with Crippen molar-refractivity contribution in [1.82, 2.24) is 0 Å². The van der Waals surface area contributed by atoms with Crippen LogP contribution in [0.25, 0.3) is 0 Å². The molecule has 1 fully saturated rings. The molecule has 16 heavy (non-hydrogen) atoms. The van der Waals surface area contributed by atoms with Crippen LogP contribution in [-0.4, -0.2) is 31.1 Å². The number of carbonyl (C=O) groups excluding carboxylic acids is 1. The first-order valence-electron chi connectivity index (χ1n) is 5.78. The molecule has 1 aliphatic heterocycles. The van der Waals surface area contributed by atoms with E-state index in [4.69, 9.17) is 14.2 Å². The quantitative estimate of drug-likeness (QED) is 0.697. The van der Waals surface area contributed by atoms with Crippen molar-refractivity contribution >= 4 is 5.97 Å². The van der Waals surface area contributed by atoms with Crippen LogP contribution in [-0.2, 0) is 19.0 Å². The minimum absolute atomic E-state index is 0.0562. The molecule has 4 heteroatoms. The standard InChI is InChI=1S/C12H22O4/c1-6-9(2)16-10(13)12(5)7-14-11(3,4)15-8-12/h9H,6-8H2,1-5H3. The van der Waals surface area contributed by atoms with Crippen molar-refractivity contribution in [3.05, 3.63) is 0 Å². The smallest absolute Gasteiger partial charge is 0.316 e. The minimum atomic E-state index is -0.682. The van der Waals surface area contributed by atoms with Crippen LogP contribution in [0.5, 0.6) is 0 Å². The highest BCUT2D eigenvalue weighted by Gasteiger charge is 2.43. The summed E-state index contributed by atoms with van der Waals surface area (Å²) in [6, 6.07) is 0. The zero-order valence-electron chi connectivity index (χ0n) is 10.8. The van der Waals surface area contributed by atoms with Gasteiger partial charge in [-0.2, -0.15) is 0 Å². The van der Waals surface area contributed by atoms with Gasteiger partial charge >= 0.3 is 5.97 Å². The fourth-order valence-corrected chi connectivity index (χ4v) is 1.28. The largest absolute Gasteiger partial charge is 0.462 e. The topological polar surface area (TPSA) is 44.8 Å². The van der Waals surface area contributed by atoms with Gasteiger partial charge in [0.25, 0.3) is 0 Å². The number of hydrogen-bond donors (Lipinski definition) is 0. The molecule has 1 unspecified atom stereocenters. The van der Waals surface area contributed by atoms with E-state index in [1.54, 1.807) is 0 Å². The molecule has 0 aromatic rings. The molecular weight excluding hydrogens is 208 g/mol. The maximum atomic E-state index is 11.9. The van der Waals surface area contributed by atoms with Gasteiger partial charge in [0, 0.05) is 0 Å². The summed E-state index contributed by atoms with van der Waals surface area (Å²) in [5.41, 5.74) is -0.682. The first-order valence-corrected chi connectivity index (χ1v) is 5.78. The van der Waals surface area contributed by atoms with Crippen LogP contribution in [0.3, 0.4) is 0 Å². The second-order valence-electron chi connectivity index (χ2n) is 5.16. The lowest BCUT2D eigenvalue weighted by Crippen LogP contribution is -2.50. The van der Waals surface area contributed by atoms with Crippen molar-refractivity contribution in [2.24, 2.45) is 5.41 Å². The molecule has 0 aromatic heterocycles. The Morgan fingerprint density at radius 3 is 2.25 bits per heavy atom. The first-order chi connectivity index (χ1) is 7.29. The highest BCUT2D eigenvalue weighted by atomic mass is 16.7. The summed E-state index contributed by atoms with van der Waals surface area (Å²) >= 11 is 0. The summed E-state index contributed by atoms with van der Waals surface area (Å²) in [5.74, 6) is -0.840. The van der Waals surface area contributed by atoms with Gasteiger partial charge < -0.3 is 14.2 Å². The Labute approximate surface area is 97.2 Å². The Hall–Kier alpha value is -0.610. The SMILES string of the molecule is CCC(C)OC(=O)C1(C)COC(C)(C)OC1. The van der Waals surface area contributed by atoms with E-state index in [2.05, 4.69) is 0 Å². The Kier molecular flexibility index (Phi) is 3.97. The number of ether oxygens (including phenoxy) is 3. The summed E-state index contributed by atoms with van der Waals surface area (Å²) in [4.78, 5) is 11.9. The molecule has 0 N–H and O–H groups in total. The molecule has 1 rings (SSSR count). The Morgan fingerprint density at radius 2 is 1.81 bits per heavy atom. The van der Waals surface area contributed by atoms with Crippen LogP contribution in [0.2, 0.25) is 0 Å². The van der Waals surface area contributed by atoms with Gasteiger partial charge in [0.1, 0.15) is 5.41 Å². The molecule has 94 valence electrons. The summed E-state index contributed by atoms with van der Waals surface area (Å²) < 4.78 is 16.3. The highest BCUT2D eigenvalue weighted by Crippen LogP contribution is 2.30. The number of hydrogen-bond acceptors (Lipinski definition) is 4. The van der Waals surface area contributed by atoms with Crippen molar-refractivity contribution < 1.29 is 19.0 Å². The van der Waals surface area contributed by atoms with E-state index in [1.165, 1.54) is 0 Å². The third kappa shape index (κ3) is 3.19. The average molecular weight is 230 g/mol. The van der Waals surface area contributed by atoms with Crippen LogP contribution in [0, 0.1) is 5.41 Å². The summed E-state index contributed by atoms with van der Waals surface area (Å²) in [7, 11) is 0. The van der Waals surface area contributed by atoms with Crippen LogP contribution < -0.4 is 0 Å². The van der Waals surface area contributed by atoms with Crippen molar-refractivity contribution in [1.29, 1.82) is 0 Å². The summed E-state index contributed by atoms with van der Waals surface area (Å²) in [5, 5.41) is 0. The van der Waals surface area contributed by atoms with Crippen LogP contribution in [0.15, 0.2) is 0 Å². The van der Waals surface area contributed by atoms with E-state index >= 15 is 0 Å². The fraction of sp³-hybridized carbons (Fsp3) is 0.917. The summed E-state index contributed by atoms with van der Waals surface area (Å²) in [6.07, 6.45) is 0.758. The van der Waals surface area contributed by atoms with Crippen LogP contribution in [0.4, 0.5) is 0 Å². The van der Waals surface area contributed by atoms with Crippen molar-refractivity contribution in [2.75, 3.05) is 13.2 Å². The average Bonchev–Trinajstić information content (AvgIpc) is 2.22. The number of rotatable bonds is 3. The van der Waals surface area contributed by atoms with E-state index in [-0.39, 0.29) is 12.1 Å². The molecule has 0 radical (unpaired) electrons. The predicted octanol–water partition coefficient (Wildman–Crippen LogP) is 2.12. The molecule has 0 saturated carbocycles. The first kappa shape index (κ1) is 13.5. The molecule has 4 nitrogen and oxygen atoms in total. The van der Waals surface area contributed by atoms with E-state index in [0.717, 1.165) is 6.42 Å². The van der Waals surface area contributed by atoms with E-state index in [9.17, 15) is 4.79 Å². The normalized spacial score (nSPS) is 24.8. The van der Waals surface area contributed by atoms with Gasteiger partial charge in [0.15, 0.2) is 5.79 Å². The minimum Gasteiger partial charge on any atom is -0.462 e. The van der Waals surface area contributed by atoms with Crippen LogP contribution >= 0.6 is 0 Å². The highest BCUT2D eigenvalue weighted by molar-refractivity contribution is 5.77. The lowest BCUT2D eigenvalue weighted by molar-refractivity contribution is -0.282. The lowest BCUT2D eigenvalue weighted by Gasteiger charge is -2.40. The number of esters is 1. The van der Waals surface area contributed by atoms with E-state index < -0.39 is 11.2 Å². The Balaban J connectivity index is 2.56. The van der Waals surface area contributed by atoms with Crippen molar-refractivity contribution in [2.45, 2.75) is 52.9 Å². The van der Waals surface area contributed by atoms with Gasteiger partial charge in [-0.05, 0) is 34.1 Å². The monoisotopic (exact) mass is 230 g/mol. The van der Waals surface area contributed by atoms with Crippen molar-refractivity contribution in [3.63, 3.8) is 0 Å². The zero-order valence-corrected chi connectivity index (χ0v) is 10.8. The molecular formula is C12H22O4. The molecule has 0 bridgehead atoms. The van der Waals surface area contributed by atoms with E-state index in [0.29, 0.717) is 13.2 Å².